The minimum Gasteiger partial charge on any atom is -0.318 e. The van der Waals surface area contributed by atoms with E-state index in [4.69, 9.17) is 0 Å². The quantitative estimate of drug-likeness (QED) is 0.864. The summed E-state index contributed by atoms with van der Waals surface area (Å²) in [6.07, 6.45) is 0. The zero-order chi connectivity index (χ0) is 14.4. The first kappa shape index (κ1) is 14.8. The van der Waals surface area contributed by atoms with Crippen molar-refractivity contribution in [2.45, 2.75) is 19.5 Å². The van der Waals surface area contributed by atoms with Crippen LogP contribution in [0.3, 0.4) is 0 Å². The first-order chi connectivity index (χ1) is 9.70. The van der Waals surface area contributed by atoms with Crippen molar-refractivity contribution in [3.05, 3.63) is 71.3 Å². The van der Waals surface area contributed by atoms with Crippen LogP contribution in [0.4, 0.5) is 0 Å². The van der Waals surface area contributed by atoms with Crippen molar-refractivity contribution in [1.82, 2.24) is 10.2 Å². The van der Waals surface area contributed by atoms with Gasteiger partial charge in [-0.05, 0) is 32.1 Å². The van der Waals surface area contributed by atoms with E-state index >= 15 is 0 Å². The van der Waals surface area contributed by atoms with Gasteiger partial charge in [-0.15, -0.1) is 0 Å². The molecule has 1 atom stereocenters. The molecular formula is C18H24N2. The molecule has 106 valence electrons. The molecule has 0 spiro atoms. The van der Waals surface area contributed by atoms with Crippen molar-refractivity contribution in [3.63, 3.8) is 0 Å². The van der Waals surface area contributed by atoms with Gasteiger partial charge in [-0.2, -0.15) is 0 Å². The third-order valence-corrected chi connectivity index (χ3v) is 3.67. The van der Waals surface area contributed by atoms with Crippen LogP contribution >= 0.6 is 0 Å². The second-order valence-corrected chi connectivity index (χ2v) is 5.38. The van der Waals surface area contributed by atoms with Gasteiger partial charge in [-0.25, -0.2) is 0 Å². The lowest BCUT2D eigenvalue weighted by Gasteiger charge is -2.28. The summed E-state index contributed by atoms with van der Waals surface area (Å²) < 4.78 is 0. The molecular weight excluding hydrogens is 244 g/mol. The molecule has 0 aliphatic rings. The molecule has 2 rings (SSSR count). The lowest BCUT2D eigenvalue weighted by Crippen LogP contribution is -2.31. The smallest absolute Gasteiger partial charge is 0.0473 e. The summed E-state index contributed by atoms with van der Waals surface area (Å²) in [4.78, 5) is 2.40. The Morgan fingerprint density at radius 3 is 2.25 bits per heavy atom. The van der Waals surface area contributed by atoms with Crippen LogP contribution in [0.1, 0.15) is 22.7 Å². The van der Waals surface area contributed by atoms with E-state index in [1.54, 1.807) is 0 Å². The second kappa shape index (κ2) is 7.22. The Morgan fingerprint density at radius 1 is 1.00 bits per heavy atom. The highest BCUT2D eigenvalue weighted by atomic mass is 15.1. The van der Waals surface area contributed by atoms with Gasteiger partial charge in [0.1, 0.15) is 0 Å². The number of aryl methyl sites for hydroxylation is 1. The molecule has 1 N–H and O–H groups in total. The average molecular weight is 268 g/mol. The van der Waals surface area contributed by atoms with Gasteiger partial charge in [0, 0.05) is 19.1 Å². The number of likely N-dealkylation sites (N-methyl/N-ethyl adjacent to an activating group) is 2. The molecule has 0 amide bonds. The van der Waals surface area contributed by atoms with Crippen LogP contribution in [-0.2, 0) is 6.54 Å². The van der Waals surface area contributed by atoms with E-state index in [0.29, 0.717) is 6.04 Å². The Kier molecular flexibility index (Phi) is 5.33. The van der Waals surface area contributed by atoms with Crippen LogP contribution in [0.25, 0.3) is 0 Å². The summed E-state index contributed by atoms with van der Waals surface area (Å²) in [7, 11) is 4.20. The summed E-state index contributed by atoms with van der Waals surface area (Å²) in [5.41, 5.74) is 4.03. The fraction of sp³-hybridized carbons (Fsp3) is 0.333. The van der Waals surface area contributed by atoms with Gasteiger partial charge in [0.25, 0.3) is 0 Å². The van der Waals surface area contributed by atoms with Crippen LogP contribution in [0.2, 0.25) is 0 Å². The maximum atomic E-state index is 3.30. The molecule has 0 saturated carbocycles. The molecule has 0 saturated heterocycles. The fourth-order valence-corrected chi connectivity index (χ4v) is 2.49. The van der Waals surface area contributed by atoms with Crippen LogP contribution in [0.15, 0.2) is 54.6 Å². The Labute approximate surface area is 122 Å². The topological polar surface area (TPSA) is 15.3 Å². The number of hydrogen-bond acceptors (Lipinski definition) is 2. The van der Waals surface area contributed by atoms with E-state index < -0.39 is 0 Å². The Bertz CT molecular complexity index is 505. The molecule has 0 aromatic heterocycles. The first-order valence-electron chi connectivity index (χ1n) is 7.16. The van der Waals surface area contributed by atoms with Gasteiger partial charge >= 0.3 is 0 Å². The predicted octanol–water partition coefficient (Wildman–Crippen LogP) is 3.39. The molecule has 0 heterocycles. The Morgan fingerprint density at radius 2 is 1.65 bits per heavy atom. The van der Waals surface area contributed by atoms with Crippen LogP contribution in [0, 0.1) is 6.92 Å². The van der Waals surface area contributed by atoms with E-state index in [2.05, 4.69) is 78.8 Å². The number of benzene rings is 2. The minimum atomic E-state index is 0.391. The van der Waals surface area contributed by atoms with Gasteiger partial charge in [-0.1, -0.05) is 60.2 Å². The minimum absolute atomic E-state index is 0.391. The SMILES string of the molecule is CNCC(c1ccccc1)N(C)Cc1ccc(C)cc1. The molecule has 0 aliphatic heterocycles. The van der Waals surface area contributed by atoms with Crippen LogP contribution < -0.4 is 5.32 Å². The van der Waals surface area contributed by atoms with Gasteiger partial charge < -0.3 is 5.32 Å². The average Bonchev–Trinajstić information content (AvgIpc) is 2.48. The zero-order valence-corrected chi connectivity index (χ0v) is 12.6. The van der Waals surface area contributed by atoms with Crippen LogP contribution in [-0.4, -0.2) is 25.5 Å². The monoisotopic (exact) mass is 268 g/mol. The zero-order valence-electron chi connectivity index (χ0n) is 12.6. The largest absolute Gasteiger partial charge is 0.318 e. The molecule has 0 fully saturated rings. The Balaban J connectivity index is 2.11. The molecule has 2 aromatic rings. The van der Waals surface area contributed by atoms with E-state index in [0.717, 1.165) is 13.1 Å². The lowest BCUT2D eigenvalue weighted by molar-refractivity contribution is 0.233. The Hall–Kier alpha value is -1.64. The molecule has 1 unspecified atom stereocenters. The number of nitrogens with one attached hydrogen (secondary N) is 1. The van der Waals surface area contributed by atoms with Gasteiger partial charge in [0.15, 0.2) is 0 Å². The third kappa shape index (κ3) is 3.92. The van der Waals surface area contributed by atoms with Gasteiger partial charge in [0.2, 0.25) is 0 Å². The molecule has 20 heavy (non-hydrogen) atoms. The van der Waals surface area contributed by atoms with Crippen LogP contribution in [0.5, 0.6) is 0 Å². The van der Waals surface area contributed by atoms with Crippen molar-refractivity contribution in [1.29, 1.82) is 0 Å². The number of hydrogen-bond donors (Lipinski definition) is 1. The predicted molar refractivity (Wildman–Crippen MR) is 85.8 cm³/mol. The maximum absolute atomic E-state index is 3.30. The molecule has 2 nitrogen and oxygen atoms in total. The number of rotatable bonds is 6. The number of nitrogens with zero attached hydrogens (tertiary/aromatic N) is 1. The highest BCUT2D eigenvalue weighted by Crippen LogP contribution is 2.20. The normalized spacial score (nSPS) is 12.6. The summed E-state index contributed by atoms with van der Waals surface area (Å²) >= 11 is 0. The molecule has 0 aliphatic carbocycles. The van der Waals surface area contributed by atoms with E-state index in [1.165, 1.54) is 16.7 Å². The van der Waals surface area contributed by atoms with Crippen molar-refractivity contribution in [2.24, 2.45) is 0 Å². The highest BCUT2D eigenvalue weighted by Gasteiger charge is 2.16. The summed E-state index contributed by atoms with van der Waals surface area (Å²) in [5, 5.41) is 3.30. The standard InChI is InChI=1S/C18H24N2/c1-15-9-11-16(12-10-15)14-20(3)18(13-19-2)17-7-5-4-6-8-17/h4-12,18-19H,13-14H2,1-3H3. The summed E-state index contributed by atoms with van der Waals surface area (Å²) in [6.45, 7) is 4.04. The molecule has 0 bridgehead atoms. The molecule has 2 heteroatoms. The van der Waals surface area contributed by atoms with Crippen molar-refractivity contribution >= 4 is 0 Å². The summed E-state index contributed by atoms with van der Waals surface area (Å²) in [5.74, 6) is 0. The van der Waals surface area contributed by atoms with Crippen molar-refractivity contribution < 1.29 is 0 Å². The first-order valence-corrected chi connectivity index (χ1v) is 7.16. The van der Waals surface area contributed by atoms with Gasteiger partial charge in [-0.3, -0.25) is 4.90 Å². The lowest BCUT2D eigenvalue weighted by atomic mass is 10.0. The maximum Gasteiger partial charge on any atom is 0.0473 e. The second-order valence-electron chi connectivity index (χ2n) is 5.38. The third-order valence-electron chi connectivity index (χ3n) is 3.67. The van der Waals surface area contributed by atoms with Crippen molar-refractivity contribution in [3.8, 4) is 0 Å². The highest BCUT2D eigenvalue weighted by molar-refractivity contribution is 5.23. The fourth-order valence-electron chi connectivity index (χ4n) is 2.49. The van der Waals surface area contributed by atoms with E-state index in [-0.39, 0.29) is 0 Å². The van der Waals surface area contributed by atoms with E-state index in [1.807, 2.05) is 7.05 Å². The van der Waals surface area contributed by atoms with Gasteiger partial charge in [0.05, 0.1) is 0 Å². The summed E-state index contributed by atoms with van der Waals surface area (Å²) in [6, 6.07) is 19.9. The molecule has 0 radical (unpaired) electrons. The van der Waals surface area contributed by atoms with Crippen molar-refractivity contribution in [2.75, 3.05) is 20.6 Å². The molecule has 2 aromatic carbocycles. The van der Waals surface area contributed by atoms with E-state index in [9.17, 15) is 0 Å².